The maximum atomic E-state index is 9.19. The molecule has 3 N–H and O–H groups in total. The zero-order valence-corrected chi connectivity index (χ0v) is 6.52. The molecule has 8 nitrogen and oxygen atoms in total. The summed E-state index contributed by atoms with van der Waals surface area (Å²) in [6, 6.07) is 0. The van der Waals surface area contributed by atoms with E-state index < -0.39 is 31.2 Å². The Balaban J connectivity index is 2.54. The van der Waals surface area contributed by atoms with E-state index in [0.717, 1.165) is 0 Å². The fraction of sp³-hybridized carbons (Fsp3) is 1.00. The van der Waals surface area contributed by atoms with Gasteiger partial charge in [-0.3, -0.25) is 0 Å². The van der Waals surface area contributed by atoms with Crippen molar-refractivity contribution in [2.75, 3.05) is 6.61 Å². The van der Waals surface area contributed by atoms with Crippen molar-refractivity contribution in [2.24, 2.45) is 5.28 Å². The number of hydrogen-bond acceptors (Lipinski definition) is 6. The molecule has 1 rings (SSSR count). The van der Waals surface area contributed by atoms with Crippen LogP contribution in [0.15, 0.2) is 5.28 Å². The number of aliphatic hydroxyl groups excluding tert-OH is 3. The topological polar surface area (TPSA) is 128 Å². The highest BCUT2D eigenvalue weighted by Gasteiger charge is 2.43. The second-order valence-corrected chi connectivity index (χ2v) is 2.48. The van der Waals surface area contributed by atoms with Gasteiger partial charge in [-0.1, -0.05) is 0 Å². The van der Waals surface area contributed by atoms with Gasteiger partial charge >= 0.3 is 0 Å². The summed E-state index contributed by atoms with van der Waals surface area (Å²) in [6.07, 6.45) is -4.73. The summed E-state index contributed by atoms with van der Waals surface area (Å²) in [5.74, 6) is 0. The van der Waals surface area contributed by atoms with Crippen molar-refractivity contribution in [3.05, 3.63) is 10.4 Å². The molecule has 1 heterocycles. The second-order valence-electron chi connectivity index (χ2n) is 2.48. The minimum Gasteiger partial charge on any atom is -0.400 e. The molecule has 0 saturated carbocycles. The van der Waals surface area contributed by atoms with Crippen LogP contribution in [0.4, 0.5) is 0 Å². The first-order valence-corrected chi connectivity index (χ1v) is 3.53. The third kappa shape index (κ3) is 2.00. The maximum absolute atomic E-state index is 9.19. The third-order valence-corrected chi connectivity index (χ3v) is 1.69. The Bertz CT molecular complexity index is 218. The van der Waals surface area contributed by atoms with E-state index in [9.17, 15) is 10.2 Å². The maximum Gasteiger partial charge on any atom is 0.237 e. The lowest BCUT2D eigenvalue weighted by molar-refractivity contribution is -0.170. The summed E-state index contributed by atoms with van der Waals surface area (Å²) in [4.78, 5) is 6.61. The highest BCUT2D eigenvalue weighted by atomic mass is 16.8. The van der Waals surface area contributed by atoms with Crippen molar-refractivity contribution in [2.45, 2.75) is 24.6 Å². The molecule has 0 amide bonds. The number of ether oxygens (including phenoxy) is 1. The van der Waals surface area contributed by atoms with Gasteiger partial charge in [0.05, 0.1) is 6.61 Å². The Morgan fingerprint density at radius 3 is 2.62 bits per heavy atom. The number of rotatable bonds is 3. The molecule has 13 heavy (non-hydrogen) atoms. The van der Waals surface area contributed by atoms with Crippen LogP contribution in [0.1, 0.15) is 0 Å². The standard InChI is InChI=1S/C5H9N3O5/c6-7-8-13-5-4(11)3(10)2(1-9)12-5/h2-5,9-11H,1H2/t2-,3-,4-,5-/m1/s1. The van der Waals surface area contributed by atoms with Crippen LogP contribution in [0.25, 0.3) is 10.4 Å². The van der Waals surface area contributed by atoms with Crippen molar-refractivity contribution >= 4 is 0 Å². The van der Waals surface area contributed by atoms with Crippen LogP contribution < -0.4 is 0 Å². The van der Waals surface area contributed by atoms with Gasteiger partial charge in [-0.25, -0.2) is 0 Å². The zero-order valence-electron chi connectivity index (χ0n) is 6.52. The van der Waals surface area contributed by atoms with Gasteiger partial charge in [0.15, 0.2) is 0 Å². The SMILES string of the molecule is [N-]=[N+]=NO[C@H]1O[C@H](CO)[C@@H](O)[C@H]1O. The van der Waals surface area contributed by atoms with Crippen molar-refractivity contribution in [1.29, 1.82) is 0 Å². The molecular formula is C5H9N3O5. The molecule has 0 spiro atoms. The summed E-state index contributed by atoms with van der Waals surface area (Å²) in [6.45, 7) is -0.450. The molecule has 0 aromatic rings. The van der Waals surface area contributed by atoms with Crippen molar-refractivity contribution in [3.63, 3.8) is 0 Å². The Labute approximate surface area is 72.9 Å². The number of aliphatic hydroxyl groups is 3. The van der Waals surface area contributed by atoms with Crippen LogP contribution in [0.3, 0.4) is 0 Å². The number of hydrogen-bond donors (Lipinski definition) is 3. The predicted octanol–water partition coefficient (Wildman–Crippen LogP) is -1.33. The molecule has 4 atom stereocenters. The molecule has 0 radical (unpaired) electrons. The van der Waals surface area contributed by atoms with Crippen LogP contribution >= 0.6 is 0 Å². The van der Waals surface area contributed by atoms with Gasteiger partial charge < -0.3 is 24.9 Å². The van der Waals surface area contributed by atoms with Crippen molar-refractivity contribution in [3.8, 4) is 0 Å². The first-order valence-electron chi connectivity index (χ1n) is 3.53. The van der Waals surface area contributed by atoms with Gasteiger partial charge in [-0.2, -0.15) is 0 Å². The Hall–Kier alpha value is -1.05. The highest BCUT2D eigenvalue weighted by Crippen LogP contribution is 2.21. The van der Waals surface area contributed by atoms with E-state index in [4.69, 9.17) is 15.4 Å². The van der Waals surface area contributed by atoms with Crippen LogP contribution in [0, 0.1) is 0 Å². The molecule has 1 saturated heterocycles. The number of azide groups is 1. The smallest absolute Gasteiger partial charge is 0.237 e. The van der Waals surface area contributed by atoms with Gasteiger partial charge in [0.1, 0.15) is 23.6 Å². The Morgan fingerprint density at radius 2 is 2.15 bits per heavy atom. The molecular weight excluding hydrogens is 182 g/mol. The summed E-state index contributed by atoms with van der Waals surface area (Å²) in [5, 5.41) is 29.7. The van der Waals surface area contributed by atoms with E-state index in [2.05, 4.69) is 15.0 Å². The Morgan fingerprint density at radius 1 is 1.46 bits per heavy atom. The van der Waals surface area contributed by atoms with Crippen molar-refractivity contribution in [1.82, 2.24) is 0 Å². The van der Waals surface area contributed by atoms with E-state index in [-0.39, 0.29) is 0 Å². The predicted molar refractivity (Wildman–Crippen MR) is 38.0 cm³/mol. The highest BCUT2D eigenvalue weighted by molar-refractivity contribution is 4.85. The number of nitrogens with zero attached hydrogens (tertiary/aromatic N) is 3. The van der Waals surface area contributed by atoms with Crippen LogP contribution in [0.5, 0.6) is 0 Å². The van der Waals surface area contributed by atoms with Crippen molar-refractivity contribution < 1.29 is 24.9 Å². The van der Waals surface area contributed by atoms with Gasteiger partial charge in [-0.15, -0.1) is 0 Å². The van der Waals surface area contributed by atoms with E-state index in [0.29, 0.717) is 0 Å². The quantitative estimate of drug-likeness (QED) is 0.220. The average molecular weight is 191 g/mol. The molecule has 1 fully saturated rings. The fourth-order valence-electron chi connectivity index (χ4n) is 1.02. The van der Waals surface area contributed by atoms with Crippen LogP contribution in [-0.4, -0.2) is 46.5 Å². The van der Waals surface area contributed by atoms with E-state index >= 15 is 0 Å². The van der Waals surface area contributed by atoms with Crippen LogP contribution in [0.2, 0.25) is 0 Å². The molecule has 0 unspecified atom stereocenters. The fourth-order valence-corrected chi connectivity index (χ4v) is 1.02. The summed E-state index contributed by atoms with van der Waals surface area (Å²) < 4.78 is 4.80. The summed E-state index contributed by atoms with van der Waals surface area (Å²) in [7, 11) is 0. The molecule has 74 valence electrons. The van der Waals surface area contributed by atoms with E-state index in [1.165, 1.54) is 0 Å². The minimum absolute atomic E-state index is 0.450. The van der Waals surface area contributed by atoms with E-state index in [1.54, 1.807) is 0 Å². The molecule has 0 bridgehead atoms. The lowest BCUT2D eigenvalue weighted by atomic mass is 10.1. The third-order valence-electron chi connectivity index (χ3n) is 1.69. The van der Waals surface area contributed by atoms with Gasteiger partial charge in [0, 0.05) is 4.91 Å². The average Bonchev–Trinajstić information content (AvgIpc) is 2.41. The second kappa shape index (κ2) is 4.26. The van der Waals surface area contributed by atoms with Crippen LogP contribution in [-0.2, 0) is 9.57 Å². The molecule has 0 aliphatic carbocycles. The summed E-state index contributed by atoms with van der Waals surface area (Å²) >= 11 is 0. The lowest BCUT2D eigenvalue weighted by Gasteiger charge is -2.11. The van der Waals surface area contributed by atoms with Gasteiger partial charge in [0.25, 0.3) is 0 Å². The monoisotopic (exact) mass is 191 g/mol. The first-order chi connectivity index (χ1) is 6.20. The normalized spacial score (nSPS) is 38.4. The van der Waals surface area contributed by atoms with Gasteiger partial charge in [0.2, 0.25) is 6.29 Å². The molecule has 0 aromatic carbocycles. The first kappa shape index (κ1) is 10.0. The van der Waals surface area contributed by atoms with Gasteiger partial charge in [-0.05, 0) is 5.53 Å². The molecule has 1 aliphatic heterocycles. The zero-order chi connectivity index (χ0) is 9.84. The molecule has 8 heteroatoms. The molecule has 1 aliphatic rings. The molecule has 0 aromatic heterocycles. The Kier molecular flexibility index (Phi) is 3.29. The lowest BCUT2D eigenvalue weighted by Crippen LogP contribution is -2.34. The van der Waals surface area contributed by atoms with E-state index in [1.807, 2.05) is 0 Å². The summed E-state index contributed by atoms with van der Waals surface area (Å²) in [5.41, 5.74) is 7.89. The largest absolute Gasteiger partial charge is 0.400 e. The minimum atomic E-state index is -1.33.